The van der Waals surface area contributed by atoms with Gasteiger partial charge in [-0.3, -0.25) is 0 Å². The summed E-state index contributed by atoms with van der Waals surface area (Å²) in [7, 11) is 0. The maximum Gasteiger partial charge on any atom is 0.330 e. The van der Waals surface area contributed by atoms with E-state index in [2.05, 4.69) is 20.4 Å². The number of hydrogen-bond acceptors (Lipinski definition) is 2. The Bertz CT molecular complexity index is 400. The highest BCUT2D eigenvalue weighted by atomic mass is 16.6. The normalized spacial score (nSPS) is 45.4. The van der Waals surface area contributed by atoms with Crippen molar-refractivity contribution in [2.75, 3.05) is 0 Å². The van der Waals surface area contributed by atoms with Crippen molar-refractivity contribution >= 4 is 5.97 Å². The summed E-state index contributed by atoms with van der Waals surface area (Å²) in [5, 5.41) is 0. The first kappa shape index (κ1) is 14.2. The van der Waals surface area contributed by atoms with Crippen LogP contribution in [0.5, 0.6) is 0 Å². The van der Waals surface area contributed by atoms with Gasteiger partial charge in [0.05, 0.1) is 0 Å². The van der Waals surface area contributed by atoms with Gasteiger partial charge >= 0.3 is 5.97 Å². The van der Waals surface area contributed by atoms with E-state index in [4.69, 9.17) is 4.74 Å². The van der Waals surface area contributed by atoms with Gasteiger partial charge in [0.2, 0.25) is 0 Å². The quantitative estimate of drug-likeness (QED) is 0.546. The zero-order valence-corrected chi connectivity index (χ0v) is 13.0. The fraction of sp³-hybridized carbons (Fsp3) is 0.833. The van der Waals surface area contributed by atoms with Gasteiger partial charge in [0.15, 0.2) is 0 Å². The standard InChI is InChI=1S/C18H28O2/c1-4-6-7-17(3)15-9-13-8-14(10-15)12-18(17,11-13)20-16(19)5-2/h5,13-15H,2,4,6-12H2,1,3H3. The first-order valence-electron chi connectivity index (χ1n) is 8.38. The van der Waals surface area contributed by atoms with Crippen LogP contribution >= 0.6 is 0 Å². The van der Waals surface area contributed by atoms with E-state index in [1.165, 1.54) is 44.6 Å². The lowest BCUT2D eigenvalue weighted by molar-refractivity contribution is -0.239. The molecule has 4 aliphatic rings. The Kier molecular flexibility index (Phi) is 3.46. The van der Waals surface area contributed by atoms with Gasteiger partial charge in [-0.25, -0.2) is 4.79 Å². The number of rotatable bonds is 5. The van der Waals surface area contributed by atoms with E-state index in [9.17, 15) is 4.79 Å². The average molecular weight is 276 g/mol. The van der Waals surface area contributed by atoms with Crippen LogP contribution in [0.25, 0.3) is 0 Å². The molecule has 0 aromatic carbocycles. The van der Waals surface area contributed by atoms with Gasteiger partial charge in [0.25, 0.3) is 0 Å². The van der Waals surface area contributed by atoms with Gasteiger partial charge in [-0.1, -0.05) is 33.3 Å². The number of esters is 1. The molecule has 0 heterocycles. The van der Waals surface area contributed by atoms with Gasteiger partial charge in [0.1, 0.15) is 5.60 Å². The van der Waals surface area contributed by atoms with E-state index in [0.29, 0.717) is 0 Å². The SMILES string of the molecule is C=CC(=O)OC12CC3CC(CC(C3)C1(C)CCCC)C2. The molecule has 0 aromatic rings. The largest absolute Gasteiger partial charge is 0.455 e. The molecule has 4 bridgehead atoms. The van der Waals surface area contributed by atoms with E-state index in [-0.39, 0.29) is 17.0 Å². The van der Waals surface area contributed by atoms with Gasteiger partial charge in [-0.05, 0) is 56.3 Å². The molecule has 20 heavy (non-hydrogen) atoms. The number of unbranched alkanes of at least 4 members (excludes halogenated alkanes) is 1. The molecule has 0 radical (unpaired) electrons. The molecule has 112 valence electrons. The molecule has 4 rings (SSSR count). The second kappa shape index (κ2) is 4.89. The minimum Gasteiger partial charge on any atom is -0.455 e. The highest BCUT2D eigenvalue weighted by Gasteiger charge is 2.64. The maximum atomic E-state index is 11.9. The van der Waals surface area contributed by atoms with Crippen molar-refractivity contribution in [1.82, 2.24) is 0 Å². The molecule has 0 N–H and O–H groups in total. The van der Waals surface area contributed by atoms with Gasteiger partial charge in [-0.15, -0.1) is 0 Å². The predicted molar refractivity (Wildman–Crippen MR) is 80.2 cm³/mol. The highest BCUT2D eigenvalue weighted by Crippen LogP contribution is 2.66. The topological polar surface area (TPSA) is 26.3 Å². The predicted octanol–water partition coefficient (Wildman–Crippen LogP) is 4.49. The van der Waals surface area contributed by atoms with Crippen LogP contribution in [0, 0.1) is 23.2 Å². The first-order valence-corrected chi connectivity index (χ1v) is 8.38. The lowest BCUT2D eigenvalue weighted by Gasteiger charge is -2.65. The minimum atomic E-state index is -0.213. The van der Waals surface area contributed by atoms with Crippen LogP contribution < -0.4 is 0 Å². The third kappa shape index (κ3) is 1.95. The van der Waals surface area contributed by atoms with E-state index in [1.54, 1.807) is 0 Å². The monoisotopic (exact) mass is 276 g/mol. The van der Waals surface area contributed by atoms with Crippen LogP contribution in [0.2, 0.25) is 0 Å². The van der Waals surface area contributed by atoms with Crippen molar-refractivity contribution in [3.8, 4) is 0 Å². The second-order valence-corrected chi connectivity index (χ2v) is 7.68. The summed E-state index contributed by atoms with van der Waals surface area (Å²) in [5.41, 5.74) is -0.00269. The Morgan fingerprint density at radius 3 is 2.50 bits per heavy atom. The third-order valence-corrected chi connectivity index (χ3v) is 6.59. The number of carbonyl (C=O) groups is 1. The molecule has 0 spiro atoms. The van der Waals surface area contributed by atoms with Crippen molar-refractivity contribution in [1.29, 1.82) is 0 Å². The summed E-state index contributed by atoms with van der Waals surface area (Å²) >= 11 is 0. The molecule has 4 saturated carbocycles. The summed E-state index contributed by atoms with van der Waals surface area (Å²) in [5.74, 6) is 2.13. The Morgan fingerprint density at radius 2 is 1.95 bits per heavy atom. The van der Waals surface area contributed by atoms with Crippen LogP contribution in [0.3, 0.4) is 0 Å². The van der Waals surface area contributed by atoms with Crippen molar-refractivity contribution in [3.63, 3.8) is 0 Å². The van der Waals surface area contributed by atoms with E-state index < -0.39 is 0 Å². The molecule has 0 saturated heterocycles. The fourth-order valence-corrected chi connectivity index (χ4v) is 5.68. The molecule has 4 fully saturated rings. The Hall–Kier alpha value is -0.790. The van der Waals surface area contributed by atoms with Gasteiger partial charge in [0, 0.05) is 11.5 Å². The van der Waals surface area contributed by atoms with Crippen molar-refractivity contribution in [2.24, 2.45) is 23.2 Å². The smallest absolute Gasteiger partial charge is 0.330 e. The van der Waals surface area contributed by atoms with Crippen molar-refractivity contribution in [3.05, 3.63) is 12.7 Å². The second-order valence-electron chi connectivity index (χ2n) is 7.68. The maximum absolute atomic E-state index is 11.9. The van der Waals surface area contributed by atoms with Crippen LogP contribution in [-0.2, 0) is 9.53 Å². The molecule has 2 nitrogen and oxygen atoms in total. The third-order valence-electron chi connectivity index (χ3n) is 6.59. The summed E-state index contributed by atoms with van der Waals surface area (Å²) in [6.45, 7) is 8.25. The molecule has 3 unspecified atom stereocenters. The molecule has 4 aliphatic carbocycles. The minimum absolute atomic E-state index is 0.190. The Labute approximate surface area is 123 Å². The van der Waals surface area contributed by atoms with Crippen LogP contribution in [0.1, 0.15) is 65.2 Å². The number of ether oxygens (including phenoxy) is 1. The number of hydrogen-bond donors (Lipinski definition) is 0. The molecule has 3 atom stereocenters. The molecular formula is C18H28O2. The zero-order chi connectivity index (χ0) is 14.4. The summed E-state index contributed by atoms with van der Waals surface area (Å²) in [6, 6.07) is 0. The van der Waals surface area contributed by atoms with Gasteiger partial charge in [-0.2, -0.15) is 0 Å². The summed E-state index contributed by atoms with van der Waals surface area (Å²) in [6.07, 6.45) is 11.3. The number of carbonyl (C=O) groups excluding carboxylic acids is 1. The lowest BCUT2D eigenvalue weighted by Crippen LogP contribution is -2.64. The molecule has 0 aromatic heterocycles. The van der Waals surface area contributed by atoms with Crippen LogP contribution in [-0.4, -0.2) is 11.6 Å². The average Bonchev–Trinajstić information content (AvgIpc) is 2.41. The van der Waals surface area contributed by atoms with E-state index in [1.807, 2.05) is 0 Å². The van der Waals surface area contributed by atoms with Crippen LogP contribution in [0.4, 0.5) is 0 Å². The van der Waals surface area contributed by atoms with Gasteiger partial charge < -0.3 is 4.74 Å². The van der Waals surface area contributed by atoms with Crippen molar-refractivity contribution < 1.29 is 9.53 Å². The van der Waals surface area contributed by atoms with Crippen molar-refractivity contribution in [2.45, 2.75) is 70.8 Å². The molecular weight excluding hydrogens is 248 g/mol. The molecule has 2 heteroatoms. The summed E-state index contributed by atoms with van der Waals surface area (Å²) in [4.78, 5) is 11.9. The lowest BCUT2D eigenvalue weighted by atomic mass is 9.42. The summed E-state index contributed by atoms with van der Waals surface area (Å²) < 4.78 is 6.06. The Balaban J connectivity index is 1.92. The van der Waals surface area contributed by atoms with E-state index in [0.717, 1.165) is 30.6 Å². The van der Waals surface area contributed by atoms with E-state index >= 15 is 0 Å². The zero-order valence-electron chi connectivity index (χ0n) is 13.0. The Morgan fingerprint density at radius 1 is 1.30 bits per heavy atom. The van der Waals surface area contributed by atoms with Crippen LogP contribution in [0.15, 0.2) is 12.7 Å². The molecule has 0 amide bonds. The molecule has 0 aliphatic heterocycles. The first-order chi connectivity index (χ1) is 9.53. The highest BCUT2D eigenvalue weighted by molar-refractivity contribution is 5.81. The fourth-order valence-electron chi connectivity index (χ4n) is 5.68.